The molecule has 8 heterocycles. The molecule has 126 heavy (non-hydrogen) atoms. The zero-order valence-electron chi connectivity index (χ0n) is 67.7. The number of aromatic nitrogens is 10. The minimum absolute atomic E-state index is 0.634. The standard InChI is InChI=1S/2C57H35N5S/c1-3-15-36(16-4-1)55-58-56(37-17-5-2-6-18-37)60-57(59-55)40-21-13-19-38(31-40)39-20-14-22-41(32-39)61-49-26-10-7-23-43(49)46-33-42(29-30-51(46)61)62-50-27-11-8-24-44(50)47-35-54-48(34-52(47)62)45-25-9-12-28-53(45)63-54;1-3-13-38(14-4-1)55-58-56(39-15-5-2-6-16-39)60-57(59-55)40-25-23-36(24-26-40)37-27-29-41(30-28-37)61-49-20-10-7-17-43(49)46-33-42(31-32-51(46)61)62-50-21-11-8-18-44(50)47-35-54-48(34-52(47)62)45-19-9-12-22-53(45)63-54/h2*1-35H. The number of benzene rings is 18. The molecule has 0 radical (unpaired) electrons. The molecule has 0 spiro atoms. The number of para-hydroxylation sites is 4. The molecule has 26 rings (SSSR count). The summed E-state index contributed by atoms with van der Waals surface area (Å²) in [6.07, 6.45) is 0. The molecule has 0 fully saturated rings. The highest BCUT2D eigenvalue weighted by Gasteiger charge is 2.24. The highest BCUT2D eigenvalue weighted by molar-refractivity contribution is 7.26. The molecule has 12 heteroatoms. The zero-order chi connectivity index (χ0) is 82.9. The Bertz CT molecular complexity index is 8710. The third-order valence-electron chi connectivity index (χ3n) is 24.7. The molecule has 0 saturated heterocycles. The summed E-state index contributed by atoms with van der Waals surface area (Å²) in [5, 5.41) is 15.2. The summed E-state index contributed by atoms with van der Waals surface area (Å²) >= 11 is 3.75. The molecular formula is C114H70N10S2. The molecule has 0 bridgehead atoms. The number of nitrogens with zero attached hydrogens (tertiary/aromatic N) is 10. The predicted octanol–water partition coefficient (Wildman–Crippen LogP) is 30.2. The van der Waals surface area contributed by atoms with Crippen molar-refractivity contribution in [2.24, 2.45) is 0 Å². The van der Waals surface area contributed by atoms with Gasteiger partial charge in [-0.25, -0.2) is 29.9 Å². The van der Waals surface area contributed by atoms with Crippen molar-refractivity contribution in [1.29, 1.82) is 0 Å². The van der Waals surface area contributed by atoms with Gasteiger partial charge in [0, 0.05) is 140 Å². The average Bonchev–Trinajstić information content (AvgIpc) is 1.56. The summed E-state index contributed by atoms with van der Waals surface area (Å²) in [6, 6.07) is 151. The van der Waals surface area contributed by atoms with E-state index in [1.54, 1.807) is 0 Å². The second kappa shape index (κ2) is 29.8. The topological polar surface area (TPSA) is 97.1 Å². The van der Waals surface area contributed by atoms with Crippen LogP contribution in [0, 0.1) is 0 Å². The minimum atomic E-state index is 0.634. The van der Waals surface area contributed by atoms with Crippen LogP contribution in [0.3, 0.4) is 0 Å². The summed E-state index contributed by atoms with van der Waals surface area (Å²) in [5.74, 6) is 3.88. The van der Waals surface area contributed by atoms with Gasteiger partial charge in [0.25, 0.3) is 0 Å². The molecule has 18 aromatic carbocycles. The molecule has 0 aliphatic rings. The van der Waals surface area contributed by atoms with Crippen molar-refractivity contribution in [3.05, 3.63) is 425 Å². The second-order valence-electron chi connectivity index (χ2n) is 32.1. The van der Waals surface area contributed by atoms with Gasteiger partial charge in [0.15, 0.2) is 34.9 Å². The Balaban J connectivity index is 0.000000137. The summed E-state index contributed by atoms with van der Waals surface area (Å²) in [4.78, 5) is 29.7. The van der Waals surface area contributed by atoms with Crippen molar-refractivity contribution >= 4 is 150 Å². The largest absolute Gasteiger partial charge is 0.309 e. The lowest BCUT2D eigenvalue weighted by Gasteiger charge is -2.12. The number of thiophene rings is 2. The molecular weight excluding hydrogens is 1570 g/mol. The van der Waals surface area contributed by atoms with Gasteiger partial charge in [-0.05, 0) is 150 Å². The van der Waals surface area contributed by atoms with E-state index >= 15 is 0 Å². The first-order chi connectivity index (χ1) is 62.4. The maximum atomic E-state index is 5.01. The third kappa shape index (κ3) is 12.3. The van der Waals surface area contributed by atoms with E-state index in [1.807, 2.05) is 144 Å². The molecule has 0 aliphatic heterocycles. The zero-order valence-corrected chi connectivity index (χ0v) is 69.3. The Kier molecular flexibility index (Phi) is 17.1. The van der Waals surface area contributed by atoms with Crippen molar-refractivity contribution in [3.8, 4) is 113 Å². The quantitative estimate of drug-likeness (QED) is 0.121. The van der Waals surface area contributed by atoms with Crippen LogP contribution in [-0.4, -0.2) is 48.2 Å². The smallest absolute Gasteiger partial charge is 0.164 e. The maximum Gasteiger partial charge on any atom is 0.164 e. The van der Waals surface area contributed by atoms with E-state index in [-0.39, 0.29) is 0 Å². The van der Waals surface area contributed by atoms with Crippen LogP contribution in [0.4, 0.5) is 0 Å². The molecule has 0 aliphatic carbocycles. The minimum Gasteiger partial charge on any atom is -0.309 e. The van der Waals surface area contributed by atoms with Gasteiger partial charge in [0.05, 0.1) is 44.1 Å². The molecule has 0 amide bonds. The summed E-state index contributed by atoms with van der Waals surface area (Å²) in [5.41, 5.74) is 24.2. The van der Waals surface area contributed by atoms with E-state index in [2.05, 4.69) is 322 Å². The van der Waals surface area contributed by atoms with Crippen LogP contribution in [0.25, 0.3) is 241 Å². The highest BCUT2D eigenvalue weighted by atomic mass is 32.1. The number of fused-ring (bicyclic) bond motifs is 18. The summed E-state index contributed by atoms with van der Waals surface area (Å²) < 4.78 is 15.0. The van der Waals surface area contributed by atoms with E-state index in [9.17, 15) is 0 Å². The van der Waals surface area contributed by atoms with Gasteiger partial charge in [0.2, 0.25) is 0 Å². The third-order valence-corrected chi connectivity index (χ3v) is 27.0. The van der Waals surface area contributed by atoms with Gasteiger partial charge in [0.1, 0.15) is 0 Å². The molecule has 0 unspecified atom stereocenters. The van der Waals surface area contributed by atoms with Gasteiger partial charge < -0.3 is 18.3 Å². The molecule has 26 aromatic rings. The first kappa shape index (κ1) is 72.4. The van der Waals surface area contributed by atoms with Crippen LogP contribution in [0.1, 0.15) is 0 Å². The number of hydrogen-bond donors (Lipinski definition) is 0. The van der Waals surface area contributed by atoms with E-state index in [4.69, 9.17) is 29.9 Å². The molecule has 0 N–H and O–H groups in total. The van der Waals surface area contributed by atoms with Crippen LogP contribution in [0.2, 0.25) is 0 Å². The summed E-state index contributed by atoms with van der Waals surface area (Å²) in [6.45, 7) is 0. The fourth-order valence-electron chi connectivity index (χ4n) is 18.8. The SMILES string of the molecule is c1ccc(-c2nc(-c3ccccc3)nc(-c3ccc(-c4ccc(-n5c6ccccc6c6cc(-n7c8ccccc8c8cc9sc%10ccccc%10c9cc87)ccc65)cc4)cc3)n2)cc1.c1ccc(-c2nc(-c3ccccc3)nc(-c3cccc(-c4cccc(-n5c6ccccc6c6cc(-n7c8ccccc8c8cc9sc%10ccccc%10c9cc87)ccc65)c4)c3)n2)cc1. The summed E-state index contributed by atoms with van der Waals surface area (Å²) in [7, 11) is 0. The van der Waals surface area contributed by atoms with Crippen LogP contribution < -0.4 is 0 Å². The fourth-order valence-corrected chi connectivity index (χ4v) is 21.1. The molecule has 0 saturated carbocycles. The molecule has 0 atom stereocenters. The second-order valence-corrected chi connectivity index (χ2v) is 34.2. The number of rotatable bonds is 12. The Morgan fingerprint density at radius 3 is 0.817 bits per heavy atom. The fraction of sp³-hybridized carbons (Fsp3) is 0. The van der Waals surface area contributed by atoms with Crippen LogP contribution in [0.5, 0.6) is 0 Å². The molecule has 8 aromatic heterocycles. The average molecular weight is 1640 g/mol. The van der Waals surface area contributed by atoms with Crippen molar-refractivity contribution < 1.29 is 0 Å². The van der Waals surface area contributed by atoms with Crippen molar-refractivity contribution in [2.45, 2.75) is 0 Å². The molecule has 588 valence electrons. The first-order valence-electron chi connectivity index (χ1n) is 42.4. The Hall–Kier alpha value is -16.4. The Morgan fingerprint density at radius 2 is 0.405 bits per heavy atom. The molecule has 10 nitrogen and oxygen atoms in total. The van der Waals surface area contributed by atoms with Gasteiger partial charge in [-0.2, -0.15) is 0 Å². The van der Waals surface area contributed by atoms with E-state index in [1.165, 1.54) is 117 Å². The monoisotopic (exact) mass is 1640 g/mol. The van der Waals surface area contributed by atoms with Crippen LogP contribution >= 0.6 is 22.7 Å². The van der Waals surface area contributed by atoms with Crippen molar-refractivity contribution in [1.82, 2.24) is 48.2 Å². The first-order valence-corrected chi connectivity index (χ1v) is 44.0. The highest BCUT2D eigenvalue weighted by Crippen LogP contribution is 2.46. The van der Waals surface area contributed by atoms with E-state index in [0.717, 1.165) is 89.4 Å². The van der Waals surface area contributed by atoms with Gasteiger partial charge in [-0.3, -0.25) is 0 Å². The van der Waals surface area contributed by atoms with E-state index in [0.29, 0.717) is 34.9 Å². The number of hydrogen-bond acceptors (Lipinski definition) is 8. The Morgan fingerprint density at radius 1 is 0.135 bits per heavy atom. The van der Waals surface area contributed by atoms with Crippen LogP contribution in [0.15, 0.2) is 425 Å². The van der Waals surface area contributed by atoms with Gasteiger partial charge in [-0.1, -0.05) is 297 Å². The van der Waals surface area contributed by atoms with Gasteiger partial charge in [-0.15, -0.1) is 22.7 Å². The normalized spacial score (nSPS) is 11.8. The van der Waals surface area contributed by atoms with Crippen molar-refractivity contribution in [2.75, 3.05) is 0 Å². The lowest BCUT2D eigenvalue weighted by atomic mass is 10.0. The Labute approximate surface area is 731 Å². The van der Waals surface area contributed by atoms with Crippen LogP contribution in [-0.2, 0) is 0 Å². The lowest BCUT2D eigenvalue weighted by molar-refractivity contribution is 1.07. The lowest BCUT2D eigenvalue weighted by Crippen LogP contribution is -2.00. The van der Waals surface area contributed by atoms with E-state index < -0.39 is 0 Å². The maximum absolute atomic E-state index is 5.01. The predicted molar refractivity (Wildman–Crippen MR) is 526 cm³/mol. The van der Waals surface area contributed by atoms with Gasteiger partial charge >= 0.3 is 0 Å². The van der Waals surface area contributed by atoms with Crippen molar-refractivity contribution in [3.63, 3.8) is 0 Å².